The number of hydrogen-bond acceptors (Lipinski definition) is 9. The van der Waals surface area contributed by atoms with Gasteiger partial charge in [-0.05, 0) is 18.4 Å². The smallest absolute Gasteiger partial charge is 0.273 e. The van der Waals surface area contributed by atoms with E-state index in [4.69, 9.17) is 9.15 Å². The standard InChI is InChI=1S/C29H34N6O6S/c1-17(2)23-27-33-21(14-42-27)25(38)31-19(11-18-7-5-4-6-8-18)26-32-20(13-41-26)24(37)30-9-10-35(12-22(36)34-23)28(39)29(3)15-40-16-29/h4-8,13-14,17,19,23H,9-12,15-16H2,1-3H3,(H,30,37)(H,31,38)(H,34,36)/t19-,23-/m0/s1. The molecule has 2 aromatic heterocycles. The van der Waals surface area contributed by atoms with Gasteiger partial charge >= 0.3 is 0 Å². The molecule has 5 rings (SSSR count). The number of amides is 4. The Balaban J connectivity index is 1.46. The molecule has 2 aliphatic heterocycles. The lowest BCUT2D eigenvalue weighted by molar-refractivity contribution is -0.169. The molecule has 1 fully saturated rings. The van der Waals surface area contributed by atoms with Crippen molar-refractivity contribution in [1.29, 1.82) is 0 Å². The van der Waals surface area contributed by atoms with Crippen LogP contribution in [0, 0.1) is 11.3 Å². The molecule has 4 heterocycles. The third kappa shape index (κ3) is 6.52. The summed E-state index contributed by atoms with van der Waals surface area (Å²) in [4.78, 5) is 63.2. The van der Waals surface area contributed by atoms with Crippen molar-refractivity contribution in [3.8, 4) is 0 Å². The number of rotatable bonds is 4. The van der Waals surface area contributed by atoms with E-state index in [1.54, 1.807) is 12.3 Å². The number of nitrogens with one attached hydrogen (secondary N) is 3. The molecular formula is C29H34N6O6S. The second-order valence-electron chi connectivity index (χ2n) is 11.2. The van der Waals surface area contributed by atoms with Crippen molar-refractivity contribution >= 4 is 35.0 Å². The minimum Gasteiger partial charge on any atom is -0.446 e. The van der Waals surface area contributed by atoms with Gasteiger partial charge in [0.1, 0.15) is 23.0 Å². The Morgan fingerprint density at radius 1 is 1.10 bits per heavy atom. The highest BCUT2D eigenvalue weighted by Gasteiger charge is 2.44. The third-order valence-corrected chi connectivity index (χ3v) is 8.22. The SMILES string of the molecule is CC(C)[C@@H]1NC(=O)CN(C(=O)C2(C)COC2)CCNC(=O)c2coc(n2)[C@H](Cc2ccccc2)NC(=O)c2csc1n2. The average Bonchev–Trinajstić information content (AvgIpc) is 3.64. The number of fused-ring (bicyclic) bond motifs is 4. The summed E-state index contributed by atoms with van der Waals surface area (Å²) in [5, 5.41) is 10.9. The Morgan fingerprint density at radius 3 is 2.55 bits per heavy atom. The summed E-state index contributed by atoms with van der Waals surface area (Å²) in [7, 11) is 0. The number of carbonyl (C=O) groups is 4. The van der Waals surface area contributed by atoms with Crippen molar-refractivity contribution in [2.24, 2.45) is 11.3 Å². The van der Waals surface area contributed by atoms with Crippen molar-refractivity contribution in [3.05, 3.63) is 69.8 Å². The molecule has 42 heavy (non-hydrogen) atoms. The van der Waals surface area contributed by atoms with Gasteiger partial charge in [0, 0.05) is 24.9 Å². The Bertz CT molecular complexity index is 1450. The molecule has 3 N–H and O–H groups in total. The molecule has 13 heteroatoms. The van der Waals surface area contributed by atoms with E-state index in [2.05, 4.69) is 25.9 Å². The molecule has 0 unspecified atom stereocenters. The summed E-state index contributed by atoms with van der Waals surface area (Å²) in [5.41, 5.74) is 0.425. The van der Waals surface area contributed by atoms with E-state index in [-0.39, 0.29) is 67.9 Å². The predicted octanol–water partition coefficient (Wildman–Crippen LogP) is 2.27. The maximum Gasteiger partial charge on any atom is 0.273 e. The van der Waals surface area contributed by atoms with Crippen molar-refractivity contribution in [2.75, 3.05) is 32.8 Å². The van der Waals surface area contributed by atoms with Crippen LogP contribution < -0.4 is 16.0 Å². The molecule has 0 saturated carbocycles. The molecule has 4 bridgehead atoms. The van der Waals surface area contributed by atoms with Gasteiger partial charge < -0.3 is 30.0 Å². The fourth-order valence-electron chi connectivity index (χ4n) is 4.84. The van der Waals surface area contributed by atoms with E-state index in [9.17, 15) is 19.2 Å². The van der Waals surface area contributed by atoms with E-state index in [1.165, 1.54) is 22.5 Å². The number of aromatic nitrogens is 2. The molecule has 0 aliphatic carbocycles. The maximum absolute atomic E-state index is 13.4. The fraction of sp³-hybridized carbons (Fsp3) is 0.448. The fourth-order valence-corrected chi connectivity index (χ4v) is 5.86. The summed E-state index contributed by atoms with van der Waals surface area (Å²) >= 11 is 1.27. The van der Waals surface area contributed by atoms with E-state index in [1.807, 2.05) is 44.2 Å². The van der Waals surface area contributed by atoms with Gasteiger partial charge in [0.25, 0.3) is 11.8 Å². The second kappa shape index (κ2) is 12.4. The molecular weight excluding hydrogens is 560 g/mol. The minimum absolute atomic E-state index is 0.0316. The first kappa shape index (κ1) is 29.4. The number of nitrogens with zero attached hydrogens (tertiary/aromatic N) is 3. The molecule has 2 aliphatic rings. The minimum atomic E-state index is -0.731. The van der Waals surface area contributed by atoms with E-state index >= 15 is 0 Å². The summed E-state index contributed by atoms with van der Waals surface area (Å²) in [6, 6.07) is 8.39. The predicted molar refractivity (Wildman–Crippen MR) is 153 cm³/mol. The molecule has 0 radical (unpaired) electrons. The van der Waals surface area contributed by atoms with Gasteiger partial charge in [-0.15, -0.1) is 11.3 Å². The van der Waals surface area contributed by atoms with Crippen LogP contribution in [0.25, 0.3) is 0 Å². The highest BCUT2D eigenvalue weighted by atomic mass is 32.1. The van der Waals surface area contributed by atoms with Crippen molar-refractivity contribution in [1.82, 2.24) is 30.8 Å². The zero-order valence-corrected chi connectivity index (χ0v) is 24.5. The molecule has 4 amide bonds. The first-order chi connectivity index (χ1) is 20.1. The monoisotopic (exact) mass is 594 g/mol. The zero-order chi connectivity index (χ0) is 29.9. The second-order valence-corrected chi connectivity index (χ2v) is 12.1. The van der Waals surface area contributed by atoms with Crippen LogP contribution >= 0.6 is 11.3 Å². The number of oxazole rings is 1. The van der Waals surface area contributed by atoms with Gasteiger partial charge in [0.05, 0.1) is 31.2 Å². The largest absolute Gasteiger partial charge is 0.446 e. The van der Waals surface area contributed by atoms with Gasteiger partial charge in [0.15, 0.2) is 5.69 Å². The summed E-state index contributed by atoms with van der Waals surface area (Å²) in [5.74, 6) is -1.41. The van der Waals surface area contributed by atoms with Gasteiger partial charge in [-0.3, -0.25) is 19.2 Å². The molecule has 3 aromatic rings. The number of carbonyl (C=O) groups excluding carboxylic acids is 4. The van der Waals surface area contributed by atoms with E-state index < -0.39 is 29.3 Å². The van der Waals surface area contributed by atoms with Crippen LogP contribution in [-0.2, 0) is 20.7 Å². The Labute approximate surface area is 247 Å². The number of hydrogen-bond donors (Lipinski definition) is 3. The summed E-state index contributed by atoms with van der Waals surface area (Å²) < 4.78 is 10.9. The summed E-state index contributed by atoms with van der Waals surface area (Å²) in [6.45, 7) is 6.20. The maximum atomic E-state index is 13.4. The van der Waals surface area contributed by atoms with Crippen molar-refractivity contribution in [3.63, 3.8) is 0 Å². The van der Waals surface area contributed by atoms with Crippen LogP contribution in [0.2, 0.25) is 0 Å². The van der Waals surface area contributed by atoms with Crippen LogP contribution in [0.4, 0.5) is 0 Å². The van der Waals surface area contributed by atoms with Crippen molar-refractivity contribution in [2.45, 2.75) is 39.3 Å². The van der Waals surface area contributed by atoms with E-state index in [0.717, 1.165) is 5.56 Å². The molecule has 2 atom stereocenters. The van der Waals surface area contributed by atoms with Crippen molar-refractivity contribution < 1.29 is 28.3 Å². The lowest BCUT2D eigenvalue weighted by Gasteiger charge is -2.40. The van der Waals surface area contributed by atoms with Gasteiger partial charge in [-0.25, -0.2) is 9.97 Å². The van der Waals surface area contributed by atoms with Gasteiger partial charge in [0.2, 0.25) is 17.7 Å². The normalized spacial score (nSPS) is 21.4. The summed E-state index contributed by atoms with van der Waals surface area (Å²) in [6.07, 6.45) is 1.61. The molecule has 222 valence electrons. The van der Waals surface area contributed by atoms with Crippen LogP contribution in [0.1, 0.15) is 70.3 Å². The van der Waals surface area contributed by atoms with E-state index in [0.29, 0.717) is 11.4 Å². The molecule has 0 spiro atoms. The average molecular weight is 595 g/mol. The van der Waals surface area contributed by atoms with Crippen LogP contribution in [0.5, 0.6) is 0 Å². The van der Waals surface area contributed by atoms with Crippen LogP contribution in [-0.4, -0.2) is 71.3 Å². The number of thiazole rings is 1. The Morgan fingerprint density at radius 2 is 1.86 bits per heavy atom. The molecule has 1 aromatic carbocycles. The third-order valence-electron chi connectivity index (χ3n) is 7.29. The first-order valence-corrected chi connectivity index (χ1v) is 14.7. The first-order valence-electron chi connectivity index (χ1n) is 13.8. The Kier molecular flexibility index (Phi) is 8.69. The zero-order valence-electron chi connectivity index (χ0n) is 23.7. The van der Waals surface area contributed by atoms with Crippen LogP contribution in [0.15, 0.2) is 46.4 Å². The Hall–Kier alpha value is -4.10. The molecule has 12 nitrogen and oxygen atoms in total. The van der Waals surface area contributed by atoms with Crippen LogP contribution in [0.3, 0.4) is 0 Å². The number of benzene rings is 1. The molecule has 1 saturated heterocycles. The number of ether oxygens (including phenoxy) is 1. The lowest BCUT2D eigenvalue weighted by atomic mass is 9.87. The van der Waals surface area contributed by atoms with Gasteiger partial charge in [-0.2, -0.15) is 0 Å². The lowest BCUT2D eigenvalue weighted by Crippen LogP contribution is -2.56. The highest BCUT2D eigenvalue weighted by Crippen LogP contribution is 2.30. The highest BCUT2D eigenvalue weighted by molar-refractivity contribution is 7.09. The van der Waals surface area contributed by atoms with Gasteiger partial charge in [-0.1, -0.05) is 44.2 Å². The quantitative estimate of drug-likeness (QED) is 0.416. The topological polar surface area (TPSA) is 156 Å².